The predicted octanol–water partition coefficient (Wildman–Crippen LogP) is 2.40. The minimum Gasteiger partial charge on any atom is -0.461 e. The molecule has 1 aliphatic rings. The Morgan fingerprint density at radius 1 is 1.13 bits per heavy atom. The highest BCUT2D eigenvalue weighted by molar-refractivity contribution is 5.81. The van der Waals surface area contributed by atoms with Crippen LogP contribution in [-0.4, -0.2) is 24.9 Å². The Balaban J connectivity index is 1.30. The molecular weight excluding hydrogens is 292 g/mol. The maximum Gasteiger partial charge on any atom is 0.223 e. The number of nitrogens with one attached hydrogen (secondary N) is 2. The maximum absolute atomic E-state index is 11.7. The number of benzene rings is 1. The van der Waals surface area contributed by atoms with Crippen LogP contribution in [0.25, 0.3) is 11.0 Å². The number of furan rings is 1. The van der Waals surface area contributed by atoms with Gasteiger partial charge in [-0.15, -0.1) is 0 Å². The number of carbonyl (C=O) groups is 2. The second-order valence-electron chi connectivity index (χ2n) is 6.02. The number of para-hydroxylation sites is 1. The first-order valence-electron chi connectivity index (χ1n) is 8.24. The molecule has 1 saturated carbocycles. The van der Waals surface area contributed by atoms with E-state index in [2.05, 4.69) is 10.6 Å². The Hall–Kier alpha value is -2.30. The first-order valence-corrected chi connectivity index (χ1v) is 8.24. The van der Waals surface area contributed by atoms with Crippen LogP contribution < -0.4 is 10.6 Å². The molecule has 1 aromatic carbocycles. The number of carbonyl (C=O) groups excluding carboxylic acids is 2. The molecule has 0 aliphatic heterocycles. The van der Waals surface area contributed by atoms with Gasteiger partial charge < -0.3 is 15.1 Å². The molecule has 5 nitrogen and oxygen atoms in total. The molecule has 0 spiro atoms. The lowest BCUT2D eigenvalue weighted by Gasteiger charge is -2.05. The third kappa shape index (κ3) is 4.58. The smallest absolute Gasteiger partial charge is 0.223 e. The van der Waals surface area contributed by atoms with E-state index in [-0.39, 0.29) is 17.7 Å². The first kappa shape index (κ1) is 15.6. The van der Waals surface area contributed by atoms with Crippen LogP contribution in [0.1, 0.15) is 31.4 Å². The van der Waals surface area contributed by atoms with E-state index in [9.17, 15) is 9.59 Å². The van der Waals surface area contributed by atoms with Crippen molar-refractivity contribution in [1.29, 1.82) is 0 Å². The molecule has 5 heteroatoms. The third-order valence-corrected chi connectivity index (χ3v) is 4.00. The summed E-state index contributed by atoms with van der Waals surface area (Å²) >= 11 is 0. The lowest BCUT2D eigenvalue weighted by molar-refractivity contribution is -0.123. The quantitative estimate of drug-likeness (QED) is 0.735. The van der Waals surface area contributed by atoms with Crippen molar-refractivity contribution < 1.29 is 14.0 Å². The SMILES string of the molecule is O=C(CCCNC(=O)C1CC1)NCCc1cc2ccccc2o1. The van der Waals surface area contributed by atoms with Crippen molar-refractivity contribution in [3.8, 4) is 0 Å². The van der Waals surface area contributed by atoms with Gasteiger partial charge in [0.2, 0.25) is 11.8 Å². The molecule has 1 aromatic heterocycles. The Bertz CT molecular complexity index is 655. The monoisotopic (exact) mass is 314 g/mol. The molecule has 0 unspecified atom stereocenters. The van der Waals surface area contributed by atoms with Gasteiger partial charge in [0.05, 0.1) is 0 Å². The van der Waals surface area contributed by atoms with E-state index < -0.39 is 0 Å². The van der Waals surface area contributed by atoms with Crippen LogP contribution in [0.3, 0.4) is 0 Å². The Morgan fingerprint density at radius 2 is 1.96 bits per heavy atom. The highest BCUT2D eigenvalue weighted by atomic mass is 16.3. The average Bonchev–Trinajstić information content (AvgIpc) is 3.31. The molecule has 1 heterocycles. The molecule has 0 bridgehead atoms. The summed E-state index contributed by atoms with van der Waals surface area (Å²) in [4.78, 5) is 23.2. The third-order valence-electron chi connectivity index (χ3n) is 4.00. The van der Waals surface area contributed by atoms with Gasteiger partial charge in [0.1, 0.15) is 11.3 Å². The molecule has 23 heavy (non-hydrogen) atoms. The number of amides is 2. The van der Waals surface area contributed by atoms with Crippen LogP contribution in [0.4, 0.5) is 0 Å². The molecule has 0 radical (unpaired) electrons. The van der Waals surface area contributed by atoms with Crippen LogP contribution in [0.15, 0.2) is 34.7 Å². The Labute approximate surface area is 135 Å². The first-order chi connectivity index (χ1) is 11.2. The van der Waals surface area contributed by atoms with Crippen molar-refractivity contribution in [2.24, 2.45) is 5.92 Å². The summed E-state index contributed by atoms with van der Waals surface area (Å²) in [7, 11) is 0. The van der Waals surface area contributed by atoms with Gasteiger partial charge >= 0.3 is 0 Å². The highest BCUT2D eigenvalue weighted by Gasteiger charge is 2.28. The van der Waals surface area contributed by atoms with Gasteiger partial charge in [-0.3, -0.25) is 9.59 Å². The van der Waals surface area contributed by atoms with Gasteiger partial charge in [-0.05, 0) is 31.4 Å². The standard InChI is InChI=1S/C18H22N2O3/c21-17(6-3-10-20-18(22)13-7-8-13)19-11-9-15-12-14-4-1-2-5-16(14)23-15/h1-2,4-5,12-13H,3,6-11H2,(H,19,21)(H,20,22). The average molecular weight is 314 g/mol. The zero-order valence-electron chi connectivity index (χ0n) is 13.1. The van der Waals surface area contributed by atoms with Crippen LogP contribution in [0.5, 0.6) is 0 Å². The van der Waals surface area contributed by atoms with Gasteiger partial charge in [0, 0.05) is 37.2 Å². The summed E-state index contributed by atoms with van der Waals surface area (Å²) in [6, 6.07) is 9.88. The van der Waals surface area contributed by atoms with E-state index in [0.29, 0.717) is 32.4 Å². The van der Waals surface area contributed by atoms with Crippen molar-refractivity contribution in [1.82, 2.24) is 10.6 Å². The van der Waals surface area contributed by atoms with Crippen LogP contribution in [0.2, 0.25) is 0 Å². The topological polar surface area (TPSA) is 71.3 Å². The van der Waals surface area contributed by atoms with E-state index in [0.717, 1.165) is 29.6 Å². The van der Waals surface area contributed by atoms with Crippen molar-refractivity contribution in [2.75, 3.05) is 13.1 Å². The summed E-state index contributed by atoms with van der Waals surface area (Å²) < 4.78 is 5.70. The van der Waals surface area contributed by atoms with Crippen molar-refractivity contribution in [2.45, 2.75) is 32.1 Å². The molecule has 3 rings (SSSR count). The molecule has 1 fully saturated rings. The van der Waals surface area contributed by atoms with Crippen LogP contribution in [-0.2, 0) is 16.0 Å². The number of hydrogen-bond acceptors (Lipinski definition) is 3. The number of rotatable bonds is 8. The molecule has 2 aromatic rings. The van der Waals surface area contributed by atoms with E-state index in [1.54, 1.807) is 0 Å². The molecular formula is C18H22N2O3. The van der Waals surface area contributed by atoms with Gasteiger partial charge in [0.25, 0.3) is 0 Å². The summed E-state index contributed by atoms with van der Waals surface area (Å²) in [6.45, 7) is 1.14. The Morgan fingerprint density at radius 3 is 2.74 bits per heavy atom. The zero-order chi connectivity index (χ0) is 16.1. The van der Waals surface area contributed by atoms with E-state index in [4.69, 9.17) is 4.42 Å². The number of fused-ring (bicyclic) bond motifs is 1. The molecule has 2 amide bonds. The lowest BCUT2D eigenvalue weighted by atomic mass is 10.2. The summed E-state index contributed by atoms with van der Waals surface area (Å²) in [6.07, 6.45) is 3.81. The van der Waals surface area contributed by atoms with Gasteiger partial charge in [-0.1, -0.05) is 18.2 Å². The lowest BCUT2D eigenvalue weighted by Crippen LogP contribution is -2.29. The summed E-state index contributed by atoms with van der Waals surface area (Å²) in [5, 5.41) is 6.83. The second kappa shape index (κ2) is 7.31. The van der Waals surface area contributed by atoms with Gasteiger partial charge in [-0.25, -0.2) is 0 Å². The molecule has 1 aliphatic carbocycles. The maximum atomic E-state index is 11.7. The second-order valence-corrected chi connectivity index (χ2v) is 6.02. The summed E-state index contributed by atoms with van der Waals surface area (Å²) in [5.74, 6) is 1.26. The fourth-order valence-corrected chi connectivity index (χ4v) is 2.52. The van der Waals surface area contributed by atoms with E-state index >= 15 is 0 Å². The van der Waals surface area contributed by atoms with E-state index in [1.165, 1.54) is 0 Å². The zero-order valence-corrected chi connectivity index (χ0v) is 13.1. The van der Waals surface area contributed by atoms with Crippen molar-refractivity contribution >= 4 is 22.8 Å². The van der Waals surface area contributed by atoms with Crippen molar-refractivity contribution in [3.05, 3.63) is 36.1 Å². The molecule has 0 saturated heterocycles. The minimum absolute atomic E-state index is 0.0155. The van der Waals surface area contributed by atoms with Crippen LogP contribution >= 0.6 is 0 Å². The summed E-state index contributed by atoms with van der Waals surface area (Å²) in [5.41, 5.74) is 0.875. The van der Waals surface area contributed by atoms with Crippen LogP contribution in [0, 0.1) is 5.92 Å². The van der Waals surface area contributed by atoms with Gasteiger partial charge in [0.15, 0.2) is 0 Å². The molecule has 0 atom stereocenters. The molecule has 122 valence electrons. The highest BCUT2D eigenvalue weighted by Crippen LogP contribution is 2.28. The largest absolute Gasteiger partial charge is 0.461 e. The fraction of sp³-hybridized carbons (Fsp3) is 0.444. The Kier molecular flexibility index (Phi) is 4.95. The minimum atomic E-state index is 0.0155. The van der Waals surface area contributed by atoms with Crippen molar-refractivity contribution in [3.63, 3.8) is 0 Å². The van der Waals surface area contributed by atoms with Gasteiger partial charge in [-0.2, -0.15) is 0 Å². The normalized spacial score (nSPS) is 13.9. The molecule has 2 N–H and O–H groups in total. The van der Waals surface area contributed by atoms with E-state index in [1.807, 2.05) is 30.3 Å². The number of hydrogen-bond donors (Lipinski definition) is 2. The fourth-order valence-electron chi connectivity index (χ4n) is 2.52. The predicted molar refractivity (Wildman–Crippen MR) is 87.9 cm³/mol.